The lowest BCUT2D eigenvalue weighted by Crippen LogP contribution is -2.29. The van der Waals surface area contributed by atoms with Crippen LogP contribution in [0.15, 0.2) is 39.8 Å². The minimum absolute atomic E-state index is 0.0833. The highest BCUT2D eigenvalue weighted by atomic mass is 32.2. The molecule has 2 heterocycles. The zero-order valence-electron chi connectivity index (χ0n) is 9.91. The SMILES string of the molecule is O=C(O)c1cc(-c2ccc(SC3COC3)cc2)on1. The number of hydrogen-bond acceptors (Lipinski definition) is 5. The molecule has 0 aliphatic carbocycles. The molecule has 1 aromatic heterocycles. The van der Waals surface area contributed by atoms with Crippen molar-refractivity contribution in [2.45, 2.75) is 10.1 Å². The van der Waals surface area contributed by atoms with Crippen molar-refractivity contribution in [3.63, 3.8) is 0 Å². The van der Waals surface area contributed by atoms with Gasteiger partial charge >= 0.3 is 5.97 Å². The van der Waals surface area contributed by atoms with E-state index < -0.39 is 5.97 Å². The number of aromatic carboxylic acids is 1. The number of aromatic nitrogens is 1. The maximum atomic E-state index is 10.7. The second kappa shape index (κ2) is 5.07. The van der Waals surface area contributed by atoms with Crippen LogP contribution in [0.3, 0.4) is 0 Å². The predicted octanol–water partition coefficient (Wildman–Crippen LogP) is 2.53. The van der Waals surface area contributed by atoms with Crippen LogP contribution in [0.25, 0.3) is 11.3 Å². The molecular formula is C13H11NO4S. The van der Waals surface area contributed by atoms with Gasteiger partial charge in [0.15, 0.2) is 11.5 Å². The van der Waals surface area contributed by atoms with Crippen molar-refractivity contribution in [3.8, 4) is 11.3 Å². The normalized spacial score (nSPS) is 15.2. The van der Waals surface area contributed by atoms with Crippen molar-refractivity contribution >= 4 is 17.7 Å². The lowest BCUT2D eigenvalue weighted by Gasteiger charge is -2.25. The molecule has 0 radical (unpaired) electrons. The Kier molecular flexibility index (Phi) is 3.27. The van der Waals surface area contributed by atoms with Gasteiger partial charge in [0, 0.05) is 16.5 Å². The maximum absolute atomic E-state index is 10.7. The van der Waals surface area contributed by atoms with E-state index in [1.165, 1.54) is 6.07 Å². The van der Waals surface area contributed by atoms with Crippen LogP contribution in [0.2, 0.25) is 0 Å². The molecule has 0 amide bonds. The Labute approximate surface area is 113 Å². The van der Waals surface area contributed by atoms with Crippen LogP contribution in [0.1, 0.15) is 10.5 Å². The Morgan fingerprint density at radius 1 is 1.32 bits per heavy atom. The number of rotatable bonds is 4. The predicted molar refractivity (Wildman–Crippen MR) is 69.4 cm³/mol. The second-order valence-corrected chi connectivity index (χ2v) is 5.56. The summed E-state index contributed by atoms with van der Waals surface area (Å²) >= 11 is 1.78. The second-order valence-electron chi connectivity index (χ2n) is 4.18. The van der Waals surface area contributed by atoms with Crippen LogP contribution in [0.4, 0.5) is 0 Å². The van der Waals surface area contributed by atoms with Gasteiger partial charge in [-0.1, -0.05) is 17.3 Å². The van der Waals surface area contributed by atoms with Gasteiger partial charge in [0.25, 0.3) is 0 Å². The summed E-state index contributed by atoms with van der Waals surface area (Å²) in [5, 5.41) is 12.8. The van der Waals surface area contributed by atoms with E-state index in [1.807, 2.05) is 24.3 Å². The van der Waals surface area contributed by atoms with E-state index in [4.69, 9.17) is 14.4 Å². The molecule has 5 nitrogen and oxygen atoms in total. The summed E-state index contributed by atoms with van der Waals surface area (Å²) in [6, 6.07) is 9.19. The van der Waals surface area contributed by atoms with Crippen LogP contribution in [-0.2, 0) is 4.74 Å². The monoisotopic (exact) mass is 277 g/mol. The zero-order chi connectivity index (χ0) is 13.2. The smallest absolute Gasteiger partial charge is 0.358 e. The zero-order valence-corrected chi connectivity index (χ0v) is 10.7. The first-order valence-electron chi connectivity index (χ1n) is 5.77. The van der Waals surface area contributed by atoms with E-state index in [0.29, 0.717) is 11.0 Å². The molecule has 1 saturated heterocycles. The minimum Gasteiger partial charge on any atom is -0.476 e. The summed E-state index contributed by atoms with van der Waals surface area (Å²) < 4.78 is 10.1. The highest BCUT2D eigenvalue weighted by Gasteiger charge is 2.19. The first-order valence-corrected chi connectivity index (χ1v) is 6.65. The average Bonchev–Trinajstić information content (AvgIpc) is 2.84. The summed E-state index contributed by atoms with van der Waals surface area (Å²) in [6.45, 7) is 1.60. The van der Waals surface area contributed by atoms with Gasteiger partial charge in [0.05, 0.1) is 18.5 Å². The first-order chi connectivity index (χ1) is 9.22. The van der Waals surface area contributed by atoms with E-state index in [9.17, 15) is 4.79 Å². The highest BCUT2D eigenvalue weighted by Crippen LogP contribution is 2.30. The molecular weight excluding hydrogens is 266 g/mol. The Hall–Kier alpha value is -1.79. The molecule has 2 aromatic rings. The largest absolute Gasteiger partial charge is 0.476 e. The van der Waals surface area contributed by atoms with Crippen LogP contribution in [0, 0.1) is 0 Å². The molecule has 0 atom stereocenters. The highest BCUT2D eigenvalue weighted by molar-refractivity contribution is 8.00. The van der Waals surface area contributed by atoms with Gasteiger partial charge in [0.2, 0.25) is 0 Å². The number of carboxylic acid groups (broad SMARTS) is 1. The number of carbonyl (C=O) groups is 1. The molecule has 1 aliphatic heterocycles. The summed E-state index contributed by atoms with van der Waals surface area (Å²) in [5.41, 5.74) is 0.731. The van der Waals surface area contributed by atoms with Crippen molar-refractivity contribution in [2.75, 3.05) is 13.2 Å². The topological polar surface area (TPSA) is 72.6 Å². The van der Waals surface area contributed by atoms with Crippen LogP contribution in [0.5, 0.6) is 0 Å². The van der Waals surface area contributed by atoms with E-state index >= 15 is 0 Å². The number of carboxylic acids is 1. The molecule has 0 spiro atoms. The van der Waals surface area contributed by atoms with Crippen molar-refractivity contribution in [3.05, 3.63) is 36.0 Å². The van der Waals surface area contributed by atoms with Gasteiger partial charge in [-0.25, -0.2) is 4.79 Å². The number of hydrogen-bond donors (Lipinski definition) is 1. The third-order valence-corrected chi connectivity index (χ3v) is 3.93. The van der Waals surface area contributed by atoms with Gasteiger partial charge < -0.3 is 14.4 Å². The van der Waals surface area contributed by atoms with E-state index in [0.717, 1.165) is 23.7 Å². The molecule has 0 saturated carbocycles. The minimum atomic E-state index is -1.09. The summed E-state index contributed by atoms with van der Waals surface area (Å²) in [5.74, 6) is -0.631. The van der Waals surface area contributed by atoms with E-state index in [1.54, 1.807) is 11.8 Å². The number of ether oxygens (including phenoxy) is 1. The molecule has 1 N–H and O–H groups in total. The van der Waals surface area contributed by atoms with Gasteiger partial charge in [-0.2, -0.15) is 0 Å². The van der Waals surface area contributed by atoms with Crippen molar-refractivity contribution in [1.82, 2.24) is 5.16 Å². The maximum Gasteiger partial charge on any atom is 0.358 e. The standard InChI is InChI=1S/C13H11NO4S/c15-13(16)11-5-12(18-14-11)8-1-3-9(4-2-8)19-10-6-17-7-10/h1-5,10H,6-7H2,(H,15,16). The fraction of sp³-hybridized carbons (Fsp3) is 0.231. The molecule has 0 unspecified atom stereocenters. The molecule has 98 valence electrons. The summed E-state index contributed by atoms with van der Waals surface area (Å²) in [7, 11) is 0. The molecule has 1 aliphatic rings. The lowest BCUT2D eigenvalue weighted by atomic mass is 10.1. The fourth-order valence-corrected chi connectivity index (χ4v) is 2.69. The molecule has 1 aromatic carbocycles. The first kappa shape index (κ1) is 12.3. The third kappa shape index (κ3) is 2.64. The Balaban J connectivity index is 1.75. The van der Waals surface area contributed by atoms with Crippen molar-refractivity contribution in [2.24, 2.45) is 0 Å². The summed E-state index contributed by atoms with van der Waals surface area (Å²) in [4.78, 5) is 11.9. The lowest BCUT2D eigenvalue weighted by molar-refractivity contribution is 0.0455. The quantitative estimate of drug-likeness (QED) is 0.925. The van der Waals surface area contributed by atoms with E-state index in [2.05, 4.69) is 5.16 Å². The fourth-order valence-electron chi connectivity index (χ4n) is 1.68. The third-order valence-electron chi connectivity index (χ3n) is 2.78. The Morgan fingerprint density at radius 3 is 2.58 bits per heavy atom. The summed E-state index contributed by atoms with van der Waals surface area (Å²) in [6.07, 6.45) is 0. The molecule has 3 rings (SSSR count). The van der Waals surface area contributed by atoms with Crippen LogP contribution < -0.4 is 0 Å². The molecule has 6 heteroatoms. The van der Waals surface area contributed by atoms with Crippen molar-refractivity contribution in [1.29, 1.82) is 0 Å². The number of benzene rings is 1. The number of nitrogens with zero attached hydrogens (tertiary/aromatic N) is 1. The molecule has 0 bridgehead atoms. The van der Waals surface area contributed by atoms with Gasteiger partial charge in [-0.3, -0.25) is 0 Å². The van der Waals surface area contributed by atoms with Crippen LogP contribution in [-0.4, -0.2) is 34.7 Å². The van der Waals surface area contributed by atoms with Crippen LogP contribution >= 0.6 is 11.8 Å². The van der Waals surface area contributed by atoms with Gasteiger partial charge in [-0.15, -0.1) is 11.8 Å². The number of thioether (sulfide) groups is 1. The van der Waals surface area contributed by atoms with Crippen molar-refractivity contribution < 1.29 is 19.2 Å². The van der Waals surface area contributed by atoms with Gasteiger partial charge in [-0.05, 0) is 12.1 Å². The Morgan fingerprint density at radius 2 is 2.05 bits per heavy atom. The molecule has 1 fully saturated rings. The molecule has 19 heavy (non-hydrogen) atoms. The van der Waals surface area contributed by atoms with Gasteiger partial charge in [0.1, 0.15) is 0 Å². The Bertz CT molecular complexity index is 589. The van der Waals surface area contributed by atoms with E-state index in [-0.39, 0.29) is 5.69 Å². The average molecular weight is 277 g/mol.